The van der Waals surface area contributed by atoms with Gasteiger partial charge < -0.3 is 9.26 Å². The lowest BCUT2D eigenvalue weighted by Gasteiger charge is -2.01. The Balaban J connectivity index is 2.48. The summed E-state index contributed by atoms with van der Waals surface area (Å²) in [5, 5.41) is 3.31. The van der Waals surface area contributed by atoms with Crippen LogP contribution in [-0.2, 0) is 22.4 Å². The Labute approximate surface area is 88.6 Å². The van der Waals surface area contributed by atoms with Gasteiger partial charge in [-0.1, -0.05) is 5.16 Å². The molecule has 1 aromatic rings. The molecular formula is C8H9F3N2O3. The average molecular weight is 238 g/mol. The fraction of sp³-hybridized carbons (Fsp3) is 0.625. The highest BCUT2D eigenvalue weighted by molar-refractivity contribution is 5.70. The number of aromatic nitrogens is 2. The van der Waals surface area contributed by atoms with Crippen LogP contribution in [0.1, 0.15) is 18.1 Å². The van der Waals surface area contributed by atoms with Crippen LogP contribution in [0.2, 0.25) is 0 Å². The van der Waals surface area contributed by atoms with Gasteiger partial charge in [-0.2, -0.15) is 18.2 Å². The van der Waals surface area contributed by atoms with Gasteiger partial charge in [0.25, 0.3) is 0 Å². The highest BCUT2D eigenvalue weighted by Crippen LogP contribution is 2.21. The zero-order valence-corrected chi connectivity index (χ0v) is 8.37. The molecule has 5 nitrogen and oxygen atoms in total. The molecule has 0 N–H and O–H groups in total. The van der Waals surface area contributed by atoms with Crippen LogP contribution in [0.15, 0.2) is 4.52 Å². The molecule has 0 fully saturated rings. The third kappa shape index (κ3) is 4.28. The lowest BCUT2D eigenvalue weighted by molar-refractivity contribution is -0.140. The smallest absolute Gasteiger partial charge is 0.389 e. The van der Waals surface area contributed by atoms with Gasteiger partial charge in [-0.25, -0.2) is 0 Å². The van der Waals surface area contributed by atoms with Gasteiger partial charge in [-0.15, -0.1) is 0 Å². The Hall–Kier alpha value is -1.60. The summed E-state index contributed by atoms with van der Waals surface area (Å²) in [5.74, 6) is -0.716. The van der Waals surface area contributed by atoms with Crippen molar-refractivity contribution in [3.8, 4) is 0 Å². The second kappa shape index (κ2) is 4.95. The number of hydrogen-bond donors (Lipinski definition) is 0. The van der Waals surface area contributed by atoms with E-state index in [4.69, 9.17) is 0 Å². The maximum absolute atomic E-state index is 11.9. The number of ether oxygens (including phenoxy) is 1. The molecule has 0 spiro atoms. The van der Waals surface area contributed by atoms with Crippen LogP contribution in [0, 0.1) is 0 Å². The van der Waals surface area contributed by atoms with Crippen molar-refractivity contribution in [3.63, 3.8) is 0 Å². The molecule has 0 atom stereocenters. The second-order valence-electron chi connectivity index (χ2n) is 2.97. The van der Waals surface area contributed by atoms with Crippen LogP contribution >= 0.6 is 0 Å². The molecule has 0 aliphatic heterocycles. The third-order valence-electron chi connectivity index (χ3n) is 1.67. The molecule has 0 amide bonds. The summed E-state index contributed by atoms with van der Waals surface area (Å²) in [6.07, 6.45) is -5.89. The van der Waals surface area contributed by atoms with Crippen molar-refractivity contribution in [2.75, 3.05) is 7.11 Å². The van der Waals surface area contributed by atoms with Crippen LogP contribution in [-0.4, -0.2) is 29.4 Å². The summed E-state index contributed by atoms with van der Waals surface area (Å²) >= 11 is 0. The number of carbonyl (C=O) groups excluding carboxylic acids is 1. The van der Waals surface area contributed by atoms with Crippen molar-refractivity contribution in [2.24, 2.45) is 0 Å². The van der Waals surface area contributed by atoms with E-state index in [9.17, 15) is 18.0 Å². The predicted octanol–water partition coefficient (Wildman–Crippen LogP) is 1.28. The van der Waals surface area contributed by atoms with E-state index in [1.165, 1.54) is 7.11 Å². The van der Waals surface area contributed by atoms with Crippen LogP contribution in [0.5, 0.6) is 0 Å². The Kier molecular flexibility index (Phi) is 3.86. The Morgan fingerprint density at radius 2 is 2.19 bits per heavy atom. The van der Waals surface area contributed by atoms with Gasteiger partial charge in [-0.3, -0.25) is 4.79 Å². The standard InChI is InChI=1S/C8H9F3N2O3/c1-15-7(14)4-6-12-5(13-16-6)2-3-8(9,10)11/h2-4H2,1H3. The SMILES string of the molecule is COC(=O)Cc1nc(CCC(F)(F)F)no1. The van der Waals surface area contributed by atoms with Crippen molar-refractivity contribution >= 4 is 5.97 Å². The van der Waals surface area contributed by atoms with E-state index in [0.717, 1.165) is 0 Å². The first-order valence-electron chi connectivity index (χ1n) is 4.36. The number of esters is 1. The lowest BCUT2D eigenvalue weighted by Crippen LogP contribution is -2.09. The van der Waals surface area contributed by atoms with Gasteiger partial charge in [0, 0.05) is 6.42 Å². The monoisotopic (exact) mass is 238 g/mol. The van der Waals surface area contributed by atoms with E-state index >= 15 is 0 Å². The van der Waals surface area contributed by atoms with Crippen molar-refractivity contribution in [2.45, 2.75) is 25.4 Å². The average Bonchev–Trinajstić information content (AvgIpc) is 2.61. The highest BCUT2D eigenvalue weighted by Gasteiger charge is 2.27. The van der Waals surface area contributed by atoms with E-state index in [2.05, 4.69) is 19.4 Å². The highest BCUT2D eigenvalue weighted by atomic mass is 19.4. The molecular weight excluding hydrogens is 229 g/mol. The summed E-state index contributed by atoms with van der Waals surface area (Å²) in [4.78, 5) is 14.4. The molecule has 8 heteroatoms. The minimum atomic E-state index is -4.26. The summed E-state index contributed by atoms with van der Waals surface area (Å²) in [7, 11) is 1.18. The molecule has 0 radical (unpaired) electrons. The number of aryl methyl sites for hydroxylation is 1. The molecule has 1 rings (SSSR count). The largest absolute Gasteiger partial charge is 0.469 e. The van der Waals surface area contributed by atoms with E-state index < -0.39 is 18.6 Å². The van der Waals surface area contributed by atoms with Crippen molar-refractivity contribution < 1.29 is 27.2 Å². The first-order valence-corrected chi connectivity index (χ1v) is 4.36. The zero-order valence-electron chi connectivity index (χ0n) is 8.37. The minimum absolute atomic E-state index is 0.0518. The lowest BCUT2D eigenvalue weighted by atomic mass is 10.3. The normalized spacial score (nSPS) is 11.5. The van der Waals surface area contributed by atoms with Crippen LogP contribution in [0.25, 0.3) is 0 Å². The quantitative estimate of drug-likeness (QED) is 0.739. The first kappa shape index (κ1) is 12.5. The molecule has 1 aromatic heterocycles. The second-order valence-corrected chi connectivity index (χ2v) is 2.97. The van der Waals surface area contributed by atoms with Crippen molar-refractivity contribution in [1.82, 2.24) is 10.1 Å². The molecule has 0 aliphatic rings. The molecule has 1 heterocycles. The Morgan fingerprint density at radius 3 is 2.75 bits per heavy atom. The Morgan fingerprint density at radius 1 is 1.50 bits per heavy atom. The van der Waals surface area contributed by atoms with E-state index in [-0.39, 0.29) is 24.6 Å². The maximum Gasteiger partial charge on any atom is 0.389 e. The van der Waals surface area contributed by atoms with Gasteiger partial charge in [0.05, 0.1) is 13.5 Å². The Bertz CT molecular complexity index is 362. The number of halogens is 3. The third-order valence-corrected chi connectivity index (χ3v) is 1.67. The van der Waals surface area contributed by atoms with Crippen LogP contribution in [0.3, 0.4) is 0 Å². The molecule has 0 aliphatic carbocycles. The summed E-state index contributed by atoms with van der Waals surface area (Å²) in [6, 6.07) is 0. The van der Waals surface area contributed by atoms with Crippen molar-refractivity contribution in [3.05, 3.63) is 11.7 Å². The molecule has 16 heavy (non-hydrogen) atoms. The van der Waals surface area contributed by atoms with Crippen LogP contribution < -0.4 is 0 Å². The molecule has 0 saturated heterocycles. The molecule has 0 aromatic carbocycles. The number of nitrogens with zero attached hydrogens (tertiary/aromatic N) is 2. The van der Waals surface area contributed by atoms with Gasteiger partial charge in [0.2, 0.25) is 5.89 Å². The molecule has 0 saturated carbocycles. The summed E-state index contributed by atoms with van der Waals surface area (Å²) < 4.78 is 44.5. The number of rotatable bonds is 4. The van der Waals surface area contributed by atoms with Gasteiger partial charge in [-0.05, 0) is 0 Å². The van der Waals surface area contributed by atoms with Gasteiger partial charge in [0.1, 0.15) is 6.42 Å². The van der Waals surface area contributed by atoms with E-state index in [0.29, 0.717) is 0 Å². The fourth-order valence-electron chi connectivity index (χ4n) is 0.913. The van der Waals surface area contributed by atoms with E-state index in [1.54, 1.807) is 0 Å². The molecule has 90 valence electrons. The maximum atomic E-state index is 11.9. The molecule has 0 bridgehead atoms. The topological polar surface area (TPSA) is 65.2 Å². The van der Waals surface area contributed by atoms with Gasteiger partial charge in [0.15, 0.2) is 5.82 Å². The zero-order chi connectivity index (χ0) is 12.2. The number of methoxy groups -OCH3 is 1. The minimum Gasteiger partial charge on any atom is -0.469 e. The fourth-order valence-corrected chi connectivity index (χ4v) is 0.913. The first-order chi connectivity index (χ1) is 7.40. The van der Waals surface area contributed by atoms with Gasteiger partial charge >= 0.3 is 12.1 Å². The number of hydrogen-bond acceptors (Lipinski definition) is 5. The summed E-state index contributed by atoms with van der Waals surface area (Å²) in [6.45, 7) is 0. The van der Waals surface area contributed by atoms with Crippen molar-refractivity contribution in [1.29, 1.82) is 0 Å². The van der Waals surface area contributed by atoms with Crippen LogP contribution in [0.4, 0.5) is 13.2 Å². The number of alkyl halides is 3. The summed E-state index contributed by atoms with van der Waals surface area (Å²) in [5.41, 5.74) is 0. The molecule has 0 unspecified atom stereocenters. The number of carbonyl (C=O) groups is 1. The predicted molar refractivity (Wildman–Crippen MR) is 44.4 cm³/mol. The van der Waals surface area contributed by atoms with E-state index in [1.807, 2.05) is 0 Å².